The maximum atomic E-state index is 10.3. The van der Waals surface area contributed by atoms with Gasteiger partial charge in [0.1, 0.15) is 0 Å². The molecule has 0 saturated heterocycles. The molecule has 4 aromatic rings. The zero-order valence-electron chi connectivity index (χ0n) is 12.7. The molecule has 0 saturated carbocycles. The van der Waals surface area contributed by atoms with Crippen LogP contribution < -0.4 is 0 Å². The molecule has 8 nitrogen and oxygen atoms in total. The predicted molar refractivity (Wildman–Crippen MR) is 83.4 cm³/mol. The van der Waals surface area contributed by atoms with E-state index in [1.54, 1.807) is 48.5 Å². The molecule has 0 radical (unpaired) electrons. The van der Waals surface area contributed by atoms with Gasteiger partial charge in [-0.1, -0.05) is 24.3 Å². The van der Waals surface area contributed by atoms with Crippen molar-refractivity contribution in [3.05, 3.63) is 80.9 Å². The Morgan fingerprint density at radius 3 is 1.40 bits per heavy atom. The van der Waals surface area contributed by atoms with Crippen LogP contribution >= 0.6 is 0 Å². The molecule has 0 aliphatic rings. The molecule has 0 unspecified atom stereocenters. The van der Waals surface area contributed by atoms with Gasteiger partial charge in [-0.25, -0.2) is 0 Å². The molecular weight excluding hydrogens is 382 g/mol. The van der Waals surface area contributed by atoms with Gasteiger partial charge in [-0.05, 0) is 12.1 Å². The molecule has 0 aliphatic carbocycles. The normalized spacial score (nSPS) is 9.92. The number of hydrogen-bond acceptors (Lipinski definition) is 6. The van der Waals surface area contributed by atoms with E-state index in [9.17, 15) is 20.2 Å². The van der Waals surface area contributed by atoms with Gasteiger partial charge in [-0.2, -0.15) is 12.1 Å². The van der Waals surface area contributed by atoms with E-state index in [1.807, 2.05) is 0 Å². The van der Waals surface area contributed by atoms with Crippen molar-refractivity contribution in [3.8, 4) is 0 Å². The van der Waals surface area contributed by atoms with E-state index < -0.39 is 9.85 Å². The number of nitrogens with zero attached hydrogens (tertiary/aromatic N) is 2. The number of para-hydroxylation sites is 2. The first-order chi connectivity index (χ1) is 11.5. The molecule has 0 aliphatic heterocycles. The minimum absolute atomic E-state index is 0. The quantitative estimate of drug-likeness (QED) is 0.219. The van der Waals surface area contributed by atoms with Crippen molar-refractivity contribution in [2.45, 2.75) is 0 Å². The number of fused-ring (bicyclic) bond motifs is 2. The summed E-state index contributed by atoms with van der Waals surface area (Å²) < 4.78 is 9.75. The summed E-state index contributed by atoms with van der Waals surface area (Å²) in [7, 11) is 0. The molecule has 0 spiro atoms. The minimum Gasteiger partial charge on any atom is -0.475 e. The first-order valence-electron chi connectivity index (χ1n) is 6.65. The van der Waals surface area contributed by atoms with Gasteiger partial charge in [-0.3, -0.25) is 20.2 Å². The topological polar surface area (TPSA) is 113 Å². The largest absolute Gasteiger partial charge is 2.00 e. The predicted octanol–water partition coefficient (Wildman–Crippen LogP) is 4.28. The monoisotopic (exact) mass is 388 g/mol. The van der Waals surface area contributed by atoms with Crippen LogP contribution in [0.3, 0.4) is 0 Å². The Morgan fingerprint density at radius 1 is 0.720 bits per heavy atom. The second-order valence-corrected chi connectivity index (χ2v) is 4.57. The Morgan fingerprint density at radius 2 is 1.08 bits per heavy atom. The van der Waals surface area contributed by atoms with E-state index in [1.165, 1.54) is 0 Å². The first kappa shape index (κ1) is 18.3. The summed E-state index contributed by atoms with van der Waals surface area (Å²) in [6.45, 7) is 0. The molecule has 0 fully saturated rings. The fraction of sp³-hybridized carbons (Fsp3) is 0. The Hall–Kier alpha value is -3.06. The van der Waals surface area contributed by atoms with Crippen molar-refractivity contribution < 1.29 is 38.2 Å². The molecule has 2 aromatic heterocycles. The van der Waals surface area contributed by atoms with Gasteiger partial charge < -0.3 is 8.83 Å². The fourth-order valence-electron chi connectivity index (χ4n) is 1.97. The second-order valence-electron chi connectivity index (χ2n) is 4.57. The summed E-state index contributed by atoms with van der Waals surface area (Å²) in [4.78, 5) is 19.3. The maximum Gasteiger partial charge on any atom is 2.00 e. The Bertz CT molecular complexity index is 889. The van der Waals surface area contributed by atoms with E-state index in [0.717, 1.165) is 0 Å². The van der Waals surface area contributed by atoms with Crippen molar-refractivity contribution in [2.75, 3.05) is 0 Å². The zero-order valence-corrected chi connectivity index (χ0v) is 15.6. The molecular formula is C16H8N2O6Zn. The molecule has 0 atom stereocenters. The van der Waals surface area contributed by atoms with Crippen LogP contribution in [-0.2, 0) is 19.5 Å². The average Bonchev–Trinajstić information content (AvgIpc) is 3.19. The summed E-state index contributed by atoms with van der Waals surface area (Å²) >= 11 is 0. The SMILES string of the molecule is O=[N+]([O-])c1[c-]c2ccccc2o1.O=[N+]([O-])c1[c-]c2ccccc2o1.[Zn+2]. The third-order valence-electron chi connectivity index (χ3n) is 3.00. The van der Waals surface area contributed by atoms with Crippen molar-refractivity contribution in [2.24, 2.45) is 0 Å². The van der Waals surface area contributed by atoms with Crippen molar-refractivity contribution in [1.29, 1.82) is 0 Å². The molecule has 4 rings (SSSR count). The van der Waals surface area contributed by atoms with Gasteiger partial charge in [0.15, 0.2) is 0 Å². The number of benzene rings is 2. The third-order valence-corrected chi connectivity index (χ3v) is 3.00. The van der Waals surface area contributed by atoms with Crippen LogP contribution in [0.5, 0.6) is 0 Å². The van der Waals surface area contributed by atoms with Crippen molar-refractivity contribution in [3.63, 3.8) is 0 Å². The molecule has 0 bridgehead atoms. The van der Waals surface area contributed by atoms with Crippen LogP contribution in [0.25, 0.3) is 21.9 Å². The van der Waals surface area contributed by atoms with E-state index in [0.29, 0.717) is 21.9 Å². The van der Waals surface area contributed by atoms with Crippen LogP contribution in [0.1, 0.15) is 0 Å². The average molecular weight is 390 g/mol. The second kappa shape index (κ2) is 7.68. The van der Waals surface area contributed by atoms with E-state index in [4.69, 9.17) is 8.83 Å². The molecule has 25 heavy (non-hydrogen) atoms. The molecule has 9 heteroatoms. The van der Waals surface area contributed by atoms with E-state index in [2.05, 4.69) is 12.1 Å². The number of furan rings is 2. The smallest absolute Gasteiger partial charge is 0.475 e. The fourth-order valence-corrected chi connectivity index (χ4v) is 1.97. The Labute approximate surface area is 153 Å². The first-order valence-corrected chi connectivity index (χ1v) is 6.65. The summed E-state index contributed by atoms with van der Waals surface area (Å²) in [6, 6.07) is 18.9. The standard InChI is InChI=1S/2C8H4NO3.Zn/c2*10-9(11)8-5-6-3-1-2-4-7(6)12-8;/h2*1-4H;/q2*-1;+2. The molecule has 2 heterocycles. The zero-order chi connectivity index (χ0) is 17.1. The van der Waals surface area contributed by atoms with Gasteiger partial charge in [0.2, 0.25) is 0 Å². The number of nitro groups is 2. The Kier molecular flexibility index (Phi) is 5.61. The number of hydrogen-bond donors (Lipinski definition) is 0. The summed E-state index contributed by atoms with van der Waals surface area (Å²) in [5, 5.41) is 21.8. The van der Waals surface area contributed by atoms with E-state index in [-0.39, 0.29) is 31.2 Å². The van der Waals surface area contributed by atoms with Crippen LogP contribution in [0.2, 0.25) is 0 Å². The molecule has 0 N–H and O–H groups in total. The van der Waals surface area contributed by atoms with Crippen molar-refractivity contribution in [1.82, 2.24) is 0 Å². The Balaban J connectivity index is 0.000000173. The number of rotatable bonds is 2. The summed E-state index contributed by atoms with van der Waals surface area (Å²) in [6.07, 6.45) is 0. The van der Waals surface area contributed by atoms with Crippen LogP contribution in [-0.4, -0.2) is 9.85 Å². The van der Waals surface area contributed by atoms with Crippen LogP contribution in [0.15, 0.2) is 57.4 Å². The van der Waals surface area contributed by atoms with Gasteiger partial charge >= 0.3 is 31.2 Å². The third kappa shape index (κ3) is 4.08. The summed E-state index contributed by atoms with van der Waals surface area (Å²) in [5.41, 5.74) is 0.980. The van der Waals surface area contributed by atoms with Gasteiger partial charge in [0, 0.05) is 11.2 Å². The molecule has 0 amide bonds. The van der Waals surface area contributed by atoms with Gasteiger partial charge in [-0.15, -0.1) is 22.9 Å². The van der Waals surface area contributed by atoms with Crippen LogP contribution in [0.4, 0.5) is 11.8 Å². The van der Waals surface area contributed by atoms with Crippen LogP contribution in [0, 0.1) is 32.4 Å². The minimum atomic E-state index is -0.597. The summed E-state index contributed by atoms with van der Waals surface area (Å²) in [5.74, 6) is -0.674. The van der Waals surface area contributed by atoms with Gasteiger partial charge in [0.05, 0.1) is 9.85 Å². The van der Waals surface area contributed by atoms with E-state index >= 15 is 0 Å². The maximum absolute atomic E-state index is 10.3. The molecule has 120 valence electrons. The molecule has 2 aromatic carbocycles. The van der Waals surface area contributed by atoms with Gasteiger partial charge in [0.25, 0.3) is 0 Å². The van der Waals surface area contributed by atoms with Crippen molar-refractivity contribution >= 4 is 33.7 Å².